The van der Waals surface area contributed by atoms with Gasteiger partial charge in [0, 0.05) is 11.4 Å². The lowest BCUT2D eigenvalue weighted by Crippen LogP contribution is -2.14. The molecule has 1 aliphatic carbocycles. The Bertz CT molecular complexity index is 726. The van der Waals surface area contributed by atoms with Gasteiger partial charge >= 0.3 is 0 Å². The van der Waals surface area contributed by atoms with E-state index in [1.54, 1.807) is 18.2 Å². The Morgan fingerprint density at radius 1 is 1.29 bits per heavy atom. The Morgan fingerprint density at radius 2 is 2.10 bits per heavy atom. The summed E-state index contributed by atoms with van der Waals surface area (Å²) in [5.41, 5.74) is 15.1. The van der Waals surface area contributed by atoms with Gasteiger partial charge in [-0.1, -0.05) is 0 Å². The van der Waals surface area contributed by atoms with Crippen molar-refractivity contribution in [3.63, 3.8) is 0 Å². The Labute approximate surface area is 122 Å². The van der Waals surface area contributed by atoms with Crippen LogP contribution in [0.15, 0.2) is 24.3 Å². The normalized spacial score (nSPS) is 13.0. The molecule has 0 spiro atoms. The molecule has 0 aliphatic heterocycles. The molecule has 0 unspecified atom stereocenters. The third-order valence-electron chi connectivity index (χ3n) is 3.69. The number of amides is 1. The summed E-state index contributed by atoms with van der Waals surface area (Å²) >= 11 is 0. The van der Waals surface area contributed by atoms with Gasteiger partial charge in [-0.25, -0.2) is 4.98 Å². The Morgan fingerprint density at radius 3 is 2.81 bits per heavy atom. The summed E-state index contributed by atoms with van der Waals surface area (Å²) in [6, 6.07) is 7.14. The third kappa shape index (κ3) is 2.54. The number of nitrogen functional groups attached to an aromatic ring is 1. The van der Waals surface area contributed by atoms with Crippen molar-refractivity contribution in [3.8, 4) is 11.6 Å². The van der Waals surface area contributed by atoms with E-state index < -0.39 is 5.91 Å². The molecule has 3 rings (SSSR count). The SMILES string of the molecule is Cc1cc(N)ccc1Oc1nc2c(cc1C(N)=O)CCC2. The lowest BCUT2D eigenvalue weighted by atomic mass is 10.1. The summed E-state index contributed by atoms with van der Waals surface area (Å²) in [4.78, 5) is 16.1. The molecule has 108 valence electrons. The van der Waals surface area contributed by atoms with Crippen LogP contribution in [0.3, 0.4) is 0 Å². The van der Waals surface area contributed by atoms with E-state index in [4.69, 9.17) is 16.2 Å². The van der Waals surface area contributed by atoms with E-state index in [0.717, 1.165) is 36.1 Å². The number of rotatable bonds is 3. The molecule has 0 fully saturated rings. The van der Waals surface area contributed by atoms with Crippen molar-refractivity contribution in [2.24, 2.45) is 5.73 Å². The van der Waals surface area contributed by atoms with Crippen LogP contribution < -0.4 is 16.2 Å². The van der Waals surface area contributed by atoms with E-state index in [1.807, 2.05) is 13.0 Å². The minimum Gasteiger partial charge on any atom is -0.438 e. The van der Waals surface area contributed by atoms with Crippen LogP contribution in [0.2, 0.25) is 0 Å². The molecule has 2 aromatic rings. The summed E-state index contributed by atoms with van der Waals surface area (Å²) in [5, 5.41) is 0. The third-order valence-corrected chi connectivity index (χ3v) is 3.69. The largest absolute Gasteiger partial charge is 0.438 e. The fraction of sp³-hybridized carbons (Fsp3) is 0.250. The molecule has 1 heterocycles. The maximum Gasteiger partial charge on any atom is 0.254 e. The lowest BCUT2D eigenvalue weighted by Gasteiger charge is -2.12. The van der Waals surface area contributed by atoms with Crippen LogP contribution in [0.4, 0.5) is 5.69 Å². The number of hydrogen-bond acceptors (Lipinski definition) is 4. The van der Waals surface area contributed by atoms with Crippen LogP contribution in [0, 0.1) is 6.92 Å². The zero-order chi connectivity index (χ0) is 15.0. The van der Waals surface area contributed by atoms with Crippen LogP contribution in [0.5, 0.6) is 11.6 Å². The monoisotopic (exact) mass is 283 g/mol. The highest BCUT2D eigenvalue weighted by Gasteiger charge is 2.20. The molecule has 0 radical (unpaired) electrons. The number of hydrogen-bond donors (Lipinski definition) is 2. The van der Waals surface area contributed by atoms with Crippen LogP contribution >= 0.6 is 0 Å². The van der Waals surface area contributed by atoms with Gasteiger partial charge in [0.05, 0.1) is 0 Å². The van der Waals surface area contributed by atoms with Crippen molar-refractivity contribution in [3.05, 3.63) is 46.6 Å². The van der Waals surface area contributed by atoms with Gasteiger partial charge in [-0.2, -0.15) is 0 Å². The topological polar surface area (TPSA) is 91.2 Å². The number of carbonyl (C=O) groups excluding carboxylic acids is 1. The second kappa shape index (κ2) is 5.09. The predicted octanol–water partition coefficient (Wildman–Crippen LogP) is 2.35. The van der Waals surface area contributed by atoms with Crippen molar-refractivity contribution in [1.82, 2.24) is 4.98 Å². The first kappa shape index (κ1) is 13.4. The minimum absolute atomic E-state index is 0.274. The van der Waals surface area contributed by atoms with Gasteiger partial charge in [-0.05, 0) is 61.6 Å². The summed E-state index contributed by atoms with van der Waals surface area (Å²) in [6.45, 7) is 1.89. The quantitative estimate of drug-likeness (QED) is 0.846. The number of primary amides is 1. The maximum atomic E-state index is 11.6. The maximum absolute atomic E-state index is 11.6. The Kier molecular flexibility index (Phi) is 3.25. The second-order valence-corrected chi connectivity index (χ2v) is 5.29. The number of nitrogens with two attached hydrogens (primary N) is 2. The molecular weight excluding hydrogens is 266 g/mol. The van der Waals surface area contributed by atoms with E-state index in [2.05, 4.69) is 4.98 Å². The number of nitrogens with zero attached hydrogens (tertiary/aromatic N) is 1. The van der Waals surface area contributed by atoms with Crippen molar-refractivity contribution >= 4 is 11.6 Å². The van der Waals surface area contributed by atoms with Gasteiger partial charge in [0.25, 0.3) is 5.91 Å². The highest BCUT2D eigenvalue weighted by molar-refractivity contribution is 5.95. The summed E-state index contributed by atoms with van der Waals surface area (Å²) in [6.07, 6.45) is 2.89. The van der Waals surface area contributed by atoms with Crippen LogP contribution in [-0.2, 0) is 12.8 Å². The molecule has 1 aromatic heterocycles. The van der Waals surface area contributed by atoms with Crippen molar-refractivity contribution in [1.29, 1.82) is 0 Å². The number of pyridine rings is 1. The molecule has 4 N–H and O–H groups in total. The van der Waals surface area contributed by atoms with Crippen molar-refractivity contribution in [2.75, 3.05) is 5.73 Å². The highest BCUT2D eigenvalue weighted by Crippen LogP contribution is 2.31. The molecule has 1 amide bonds. The van der Waals surface area contributed by atoms with E-state index in [-0.39, 0.29) is 5.88 Å². The van der Waals surface area contributed by atoms with Gasteiger partial charge in [0.2, 0.25) is 5.88 Å². The van der Waals surface area contributed by atoms with Crippen LogP contribution in [-0.4, -0.2) is 10.9 Å². The fourth-order valence-corrected chi connectivity index (χ4v) is 2.60. The number of carbonyl (C=O) groups is 1. The fourth-order valence-electron chi connectivity index (χ4n) is 2.60. The minimum atomic E-state index is -0.528. The first-order chi connectivity index (χ1) is 10.0. The van der Waals surface area contributed by atoms with Gasteiger partial charge in [0.15, 0.2) is 0 Å². The molecule has 1 aromatic carbocycles. The Hall–Kier alpha value is -2.56. The molecule has 0 saturated carbocycles. The van der Waals surface area contributed by atoms with E-state index >= 15 is 0 Å². The first-order valence-electron chi connectivity index (χ1n) is 6.91. The van der Waals surface area contributed by atoms with Crippen molar-refractivity contribution < 1.29 is 9.53 Å². The van der Waals surface area contributed by atoms with E-state index in [0.29, 0.717) is 17.0 Å². The molecule has 1 aliphatic rings. The molecule has 0 bridgehead atoms. The summed E-state index contributed by atoms with van der Waals surface area (Å²) in [5.74, 6) is 0.369. The lowest BCUT2D eigenvalue weighted by molar-refractivity contribution is 0.0997. The molecule has 5 heteroatoms. The zero-order valence-electron chi connectivity index (χ0n) is 11.8. The first-order valence-corrected chi connectivity index (χ1v) is 6.91. The van der Waals surface area contributed by atoms with E-state index in [1.165, 1.54) is 0 Å². The number of aryl methyl sites for hydroxylation is 3. The average Bonchev–Trinajstić information content (AvgIpc) is 2.88. The molecule has 0 saturated heterocycles. The smallest absolute Gasteiger partial charge is 0.254 e. The van der Waals surface area contributed by atoms with Crippen molar-refractivity contribution in [2.45, 2.75) is 26.2 Å². The number of anilines is 1. The highest BCUT2D eigenvalue weighted by atomic mass is 16.5. The van der Waals surface area contributed by atoms with E-state index in [9.17, 15) is 4.79 Å². The second-order valence-electron chi connectivity index (χ2n) is 5.29. The average molecular weight is 283 g/mol. The van der Waals surface area contributed by atoms with Gasteiger partial charge in [-0.15, -0.1) is 0 Å². The zero-order valence-corrected chi connectivity index (χ0v) is 11.8. The van der Waals surface area contributed by atoms with Crippen LogP contribution in [0.1, 0.15) is 33.6 Å². The molecule has 5 nitrogen and oxygen atoms in total. The number of benzene rings is 1. The molecule has 21 heavy (non-hydrogen) atoms. The summed E-state index contributed by atoms with van der Waals surface area (Å²) < 4.78 is 5.81. The Balaban J connectivity index is 2.03. The predicted molar refractivity (Wildman–Crippen MR) is 80.4 cm³/mol. The summed E-state index contributed by atoms with van der Waals surface area (Å²) in [7, 11) is 0. The number of aromatic nitrogens is 1. The van der Waals surface area contributed by atoms with Gasteiger partial charge in [-0.3, -0.25) is 4.79 Å². The van der Waals surface area contributed by atoms with Gasteiger partial charge < -0.3 is 16.2 Å². The number of fused-ring (bicyclic) bond motifs is 1. The standard InChI is InChI=1S/C16H17N3O2/c1-9-7-11(17)5-6-14(9)21-16-12(15(18)20)8-10-3-2-4-13(10)19-16/h5-8H,2-4,17H2,1H3,(H2,18,20). The van der Waals surface area contributed by atoms with Gasteiger partial charge in [0.1, 0.15) is 11.3 Å². The van der Waals surface area contributed by atoms with Crippen LogP contribution in [0.25, 0.3) is 0 Å². The number of ether oxygens (including phenoxy) is 1. The molecular formula is C16H17N3O2. The molecule has 0 atom stereocenters.